The lowest BCUT2D eigenvalue weighted by atomic mass is 9.97. The van der Waals surface area contributed by atoms with Crippen LogP contribution in [-0.2, 0) is 4.79 Å². The molecule has 1 fully saturated rings. The molecule has 0 aliphatic carbocycles. The van der Waals surface area contributed by atoms with Crippen molar-refractivity contribution in [3.63, 3.8) is 0 Å². The lowest BCUT2D eigenvalue weighted by Crippen LogP contribution is -2.44. The van der Waals surface area contributed by atoms with Crippen LogP contribution < -0.4 is 5.73 Å². The van der Waals surface area contributed by atoms with Crippen molar-refractivity contribution in [2.75, 3.05) is 13.1 Å². The third-order valence-electron chi connectivity index (χ3n) is 3.20. The molecule has 96 valence electrons. The first-order chi connectivity index (χ1) is 8.58. The third-order valence-corrected chi connectivity index (χ3v) is 3.45. The largest absolute Gasteiger partial charge is 0.369 e. The summed E-state index contributed by atoms with van der Waals surface area (Å²) < 4.78 is 0. The van der Waals surface area contributed by atoms with E-state index in [1.807, 2.05) is 0 Å². The maximum absolute atomic E-state index is 12.2. The van der Waals surface area contributed by atoms with Gasteiger partial charge in [-0.05, 0) is 37.1 Å². The molecule has 1 aliphatic rings. The molecule has 0 radical (unpaired) electrons. The van der Waals surface area contributed by atoms with E-state index in [0.29, 0.717) is 23.7 Å². The average Bonchev–Trinajstić information content (AvgIpc) is 2.39. The monoisotopic (exact) mass is 266 g/mol. The molecule has 4 nitrogen and oxygen atoms in total. The molecule has 0 bridgehead atoms. The molecule has 2 amide bonds. The Labute approximate surface area is 111 Å². The third kappa shape index (κ3) is 2.82. The van der Waals surface area contributed by atoms with Crippen molar-refractivity contribution in [3.05, 3.63) is 34.9 Å². The van der Waals surface area contributed by atoms with Gasteiger partial charge in [0, 0.05) is 23.7 Å². The van der Waals surface area contributed by atoms with Crippen LogP contribution in [0.2, 0.25) is 5.02 Å². The number of amides is 2. The van der Waals surface area contributed by atoms with Crippen LogP contribution in [0.1, 0.15) is 23.2 Å². The van der Waals surface area contributed by atoms with Crippen LogP contribution in [0.15, 0.2) is 24.3 Å². The standard InChI is InChI=1S/C13H15ClN2O2/c14-11-5-3-9(4-6-11)13(18)16-7-1-2-10(8-16)12(15)17/h3-6,10H,1-2,7-8H2,(H2,15,17)/t10-/m1/s1. The molecule has 5 heteroatoms. The molecule has 2 rings (SSSR count). The summed E-state index contributed by atoms with van der Waals surface area (Å²) in [6, 6.07) is 6.76. The van der Waals surface area contributed by atoms with Crippen LogP contribution in [-0.4, -0.2) is 29.8 Å². The van der Waals surface area contributed by atoms with Gasteiger partial charge in [0.1, 0.15) is 0 Å². The predicted molar refractivity (Wildman–Crippen MR) is 69.3 cm³/mol. The Balaban J connectivity index is 2.09. The molecule has 2 N–H and O–H groups in total. The van der Waals surface area contributed by atoms with E-state index in [9.17, 15) is 9.59 Å². The fraction of sp³-hybridized carbons (Fsp3) is 0.385. The van der Waals surface area contributed by atoms with Gasteiger partial charge in [-0.15, -0.1) is 0 Å². The van der Waals surface area contributed by atoms with Crippen molar-refractivity contribution >= 4 is 23.4 Å². The minimum Gasteiger partial charge on any atom is -0.369 e. The number of carbonyl (C=O) groups excluding carboxylic acids is 2. The highest BCUT2D eigenvalue weighted by Crippen LogP contribution is 2.19. The van der Waals surface area contributed by atoms with E-state index in [1.165, 1.54) is 0 Å². The highest BCUT2D eigenvalue weighted by molar-refractivity contribution is 6.30. The van der Waals surface area contributed by atoms with E-state index in [-0.39, 0.29) is 17.7 Å². The number of carbonyl (C=O) groups is 2. The number of hydrogen-bond donors (Lipinski definition) is 1. The van der Waals surface area contributed by atoms with Gasteiger partial charge in [0.2, 0.25) is 5.91 Å². The quantitative estimate of drug-likeness (QED) is 0.885. The number of primary amides is 1. The van der Waals surface area contributed by atoms with Gasteiger partial charge in [0.15, 0.2) is 0 Å². The maximum atomic E-state index is 12.2. The average molecular weight is 267 g/mol. The molecule has 18 heavy (non-hydrogen) atoms. The van der Waals surface area contributed by atoms with Crippen LogP contribution in [0.3, 0.4) is 0 Å². The Hall–Kier alpha value is -1.55. The Kier molecular flexibility index (Phi) is 3.87. The van der Waals surface area contributed by atoms with Gasteiger partial charge in [-0.3, -0.25) is 9.59 Å². The molecule has 1 atom stereocenters. The van der Waals surface area contributed by atoms with E-state index in [0.717, 1.165) is 12.8 Å². The Morgan fingerprint density at radius 1 is 1.28 bits per heavy atom. The first-order valence-corrected chi connectivity index (χ1v) is 6.30. The molecular weight excluding hydrogens is 252 g/mol. The van der Waals surface area contributed by atoms with Gasteiger partial charge in [0.25, 0.3) is 5.91 Å². The summed E-state index contributed by atoms with van der Waals surface area (Å²) in [6.45, 7) is 1.09. The predicted octanol–water partition coefficient (Wildman–Crippen LogP) is 1.68. The number of halogens is 1. The molecule has 0 aromatic heterocycles. The number of benzene rings is 1. The minimum absolute atomic E-state index is 0.0717. The zero-order valence-corrected chi connectivity index (χ0v) is 10.7. The van der Waals surface area contributed by atoms with Crippen LogP contribution in [0, 0.1) is 5.92 Å². The summed E-state index contributed by atoms with van der Waals surface area (Å²) in [4.78, 5) is 25.1. The van der Waals surface area contributed by atoms with Crippen molar-refractivity contribution in [2.24, 2.45) is 11.7 Å². The number of rotatable bonds is 2. The van der Waals surface area contributed by atoms with Crippen LogP contribution in [0.4, 0.5) is 0 Å². The number of likely N-dealkylation sites (tertiary alicyclic amines) is 1. The second kappa shape index (κ2) is 5.40. The summed E-state index contributed by atoms with van der Waals surface area (Å²) in [5, 5.41) is 0.597. The fourth-order valence-electron chi connectivity index (χ4n) is 2.17. The SMILES string of the molecule is NC(=O)[C@@H]1CCCN(C(=O)c2ccc(Cl)cc2)C1. The van der Waals surface area contributed by atoms with Crippen LogP contribution in [0.5, 0.6) is 0 Å². The smallest absolute Gasteiger partial charge is 0.253 e. The lowest BCUT2D eigenvalue weighted by molar-refractivity contribution is -0.123. The highest BCUT2D eigenvalue weighted by atomic mass is 35.5. The van der Waals surface area contributed by atoms with Gasteiger partial charge in [-0.2, -0.15) is 0 Å². The van der Waals surface area contributed by atoms with Crippen LogP contribution >= 0.6 is 11.6 Å². The number of nitrogens with two attached hydrogens (primary N) is 1. The Morgan fingerprint density at radius 3 is 2.56 bits per heavy atom. The zero-order chi connectivity index (χ0) is 13.1. The molecule has 1 aromatic rings. The molecule has 1 aliphatic heterocycles. The summed E-state index contributed by atoms with van der Waals surface area (Å²) in [6.07, 6.45) is 1.58. The highest BCUT2D eigenvalue weighted by Gasteiger charge is 2.27. The molecule has 1 heterocycles. The van der Waals surface area contributed by atoms with Gasteiger partial charge < -0.3 is 10.6 Å². The van der Waals surface area contributed by atoms with Crippen molar-refractivity contribution in [3.8, 4) is 0 Å². The van der Waals surface area contributed by atoms with E-state index < -0.39 is 0 Å². The summed E-state index contributed by atoms with van der Waals surface area (Å²) in [5.41, 5.74) is 5.88. The molecule has 0 saturated carbocycles. The molecular formula is C13H15ClN2O2. The number of nitrogens with zero attached hydrogens (tertiary/aromatic N) is 1. The van der Waals surface area contributed by atoms with Crippen molar-refractivity contribution in [1.29, 1.82) is 0 Å². The number of hydrogen-bond acceptors (Lipinski definition) is 2. The minimum atomic E-state index is -0.330. The van der Waals surface area contributed by atoms with E-state index in [1.54, 1.807) is 29.2 Å². The second-order valence-corrected chi connectivity index (χ2v) is 4.94. The lowest BCUT2D eigenvalue weighted by Gasteiger charge is -2.31. The fourth-order valence-corrected chi connectivity index (χ4v) is 2.29. The maximum Gasteiger partial charge on any atom is 0.253 e. The topological polar surface area (TPSA) is 63.4 Å². The van der Waals surface area contributed by atoms with E-state index in [4.69, 9.17) is 17.3 Å². The normalized spacial score (nSPS) is 19.6. The first-order valence-electron chi connectivity index (χ1n) is 5.92. The summed E-state index contributed by atoms with van der Waals surface area (Å²) in [7, 11) is 0. The summed E-state index contributed by atoms with van der Waals surface area (Å²) >= 11 is 5.78. The molecule has 1 aromatic carbocycles. The molecule has 0 unspecified atom stereocenters. The second-order valence-electron chi connectivity index (χ2n) is 4.50. The van der Waals surface area contributed by atoms with Crippen LogP contribution in [0.25, 0.3) is 0 Å². The number of piperidine rings is 1. The van der Waals surface area contributed by atoms with Crippen molar-refractivity contribution < 1.29 is 9.59 Å². The molecule has 1 saturated heterocycles. The molecule has 0 spiro atoms. The van der Waals surface area contributed by atoms with Gasteiger partial charge in [-0.1, -0.05) is 11.6 Å². The van der Waals surface area contributed by atoms with Gasteiger partial charge in [0.05, 0.1) is 5.92 Å². The van der Waals surface area contributed by atoms with Crippen molar-refractivity contribution in [2.45, 2.75) is 12.8 Å². The Bertz CT molecular complexity index is 459. The van der Waals surface area contributed by atoms with Crippen molar-refractivity contribution in [1.82, 2.24) is 4.90 Å². The van der Waals surface area contributed by atoms with Gasteiger partial charge >= 0.3 is 0 Å². The Morgan fingerprint density at radius 2 is 1.94 bits per heavy atom. The van der Waals surface area contributed by atoms with E-state index in [2.05, 4.69) is 0 Å². The summed E-state index contributed by atoms with van der Waals surface area (Å²) in [5.74, 6) is -0.628. The zero-order valence-electron chi connectivity index (χ0n) is 9.93. The van der Waals surface area contributed by atoms with E-state index >= 15 is 0 Å². The van der Waals surface area contributed by atoms with Gasteiger partial charge in [-0.25, -0.2) is 0 Å². The first kappa shape index (κ1) is 12.9.